The van der Waals surface area contributed by atoms with Crippen molar-refractivity contribution in [3.8, 4) is 11.5 Å². The summed E-state index contributed by atoms with van der Waals surface area (Å²) < 4.78 is 50.1. The number of ether oxygens (including phenoxy) is 2. The Bertz CT molecular complexity index is 1020. The van der Waals surface area contributed by atoms with Crippen molar-refractivity contribution in [3.63, 3.8) is 0 Å². The van der Waals surface area contributed by atoms with Crippen molar-refractivity contribution in [2.75, 3.05) is 62.9 Å². The van der Waals surface area contributed by atoms with Gasteiger partial charge in [-0.05, 0) is 36.4 Å². The number of benzene rings is 2. The van der Waals surface area contributed by atoms with E-state index in [9.17, 15) is 17.6 Å². The molecule has 0 unspecified atom stereocenters. The smallest absolute Gasteiger partial charge is 0.319 e. The monoisotopic (exact) mass is 466 g/mol. The SMILES string of the molecule is COc1ccc(NC(=O)NCCS(=O)(=O)N2CCN(c3ccc(F)cc3)CC2)c(OC)c1. The molecule has 2 amide bonds. The first-order valence-corrected chi connectivity index (χ1v) is 11.7. The zero-order valence-corrected chi connectivity index (χ0v) is 18.8. The first kappa shape index (κ1) is 23.6. The highest BCUT2D eigenvalue weighted by Crippen LogP contribution is 2.28. The first-order chi connectivity index (χ1) is 15.3. The molecule has 32 heavy (non-hydrogen) atoms. The van der Waals surface area contributed by atoms with Crippen molar-refractivity contribution in [1.82, 2.24) is 9.62 Å². The van der Waals surface area contributed by atoms with Crippen LogP contribution in [0.3, 0.4) is 0 Å². The molecule has 0 spiro atoms. The summed E-state index contributed by atoms with van der Waals surface area (Å²) in [5.74, 6) is 0.484. The van der Waals surface area contributed by atoms with E-state index in [0.717, 1.165) is 5.69 Å². The lowest BCUT2D eigenvalue weighted by Gasteiger charge is -2.35. The third kappa shape index (κ3) is 6.01. The molecule has 3 rings (SSSR count). The molecule has 1 aliphatic rings. The van der Waals surface area contributed by atoms with Crippen LogP contribution in [-0.4, -0.2) is 71.5 Å². The molecule has 1 saturated heterocycles. The lowest BCUT2D eigenvalue weighted by atomic mass is 10.2. The predicted molar refractivity (Wildman–Crippen MR) is 121 cm³/mol. The van der Waals surface area contributed by atoms with Crippen LogP contribution in [0.15, 0.2) is 42.5 Å². The van der Waals surface area contributed by atoms with Crippen molar-refractivity contribution in [2.24, 2.45) is 0 Å². The first-order valence-electron chi connectivity index (χ1n) is 10.1. The number of urea groups is 1. The van der Waals surface area contributed by atoms with Gasteiger partial charge in [0.1, 0.15) is 17.3 Å². The molecule has 11 heteroatoms. The van der Waals surface area contributed by atoms with Crippen LogP contribution >= 0.6 is 0 Å². The molecule has 2 aromatic rings. The Morgan fingerprint density at radius 2 is 1.72 bits per heavy atom. The molecule has 0 aromatic heterocycles. The fourth-order valence-corrected chi connectivity index (χ4v) is 4.71. The Hall–Kier alpha value is -3.05. The summed E-state index contributed by atoms with van der Waals surface area (Å²) in [5, 5.41) is 5.19. The van der Waals surface area contributed by atoms with E-state index in [1.54, 1.807) is 30.3 Å². The number of hydrogen-bond donors (Lipinski definition) is 2. The summed E-state index contributed by atoms with van der Waals surface area (Å²) in [5.41, 5.74) is 1.29. The standard InChI is InChI=1S/C21H27FN4O5S/c1-30-18-7-8-19(20(15-18)31-2)24-21(27)23-9-14-32(28,29)26-12-10-25(11-13-26)17-5-3-16(22)4-6-17/h3-8,15H,9-14H2,1-2H3,(H2,23,24,27). The van der Waals surface area contributed by atoms with E-state index in [0.29, 0.717) is 43.4 Å². The van der Waals surface area contributed by atoms with E-state index >= 15 is 0 Å². The summed E-state index contributed by atoms with van der Waals surface area (Å²) in [6.07, 6.45) is 0. The maximum atomic E-state index is 13.1. The molecule has 0 aliphatic carbocycles. The molecule has 174 valence electrons. The van der Waals surface area contributed by atoms with Gasteiger partial charge in [-0.15, -0.1) is 0 Å². The number of carbonyl (C=O) groups is 1. The van der Waals surface area contributed by atoms with E-state index in [2.05, 4.69) is 10.6 Å². The number of anilines is 2. The van der Waals surface area contributed by atoms with Crippen molar-refractivity contribution >= 4 is 27.4 Å². The predicted octanol–water partition coefficient (Wildman–Crippen LogP) is 2.12. The Balaban J connectivity index is 1.46. The molecule has 9 nitrogen and oxygen atoms in total. The molecular weight excluding hydrogens is 439 g/mol. The average molecular weight is 467 g/mol. The van der Waals surface area contributed by atoms with Crippen LogP contribution in [-0.2, 0) is 10.0 Å². The second kappa shape index (κ2) is 10.5. The number of piperazine rings is 1. The second-order valence-electron chi connectivity index (χ2n) is 7.13. The van der Waals surface area contributed by atoms with Gasteiger partial charge >= 0.3 is 6.03 Å². The highest BCUT2D eigenvalue weighted by Gasteiger charge is 2.27. The number of methoxy groups -OCH3 is 2. The van der Waals surface area contributed by atoms with Crippen molar-refractivity contribution in [3.05, 3.63) is 48.3 Å². The van der Waals surface area contributed by atoms with Gasteiger partial charge in [0.25, 0.3) is 0 Å². The summed E-state index contributed by atoms with van der Waals surface area (Å²) in [6.45, 7) is 1.64. The molecule has 1 aliphatic heterocycles. The van der Waals surface area contributed by atoms with Crippen LogP contribution in [0.4, 0.5) is 20.6 Å². The Labute approximate surface area is 187 Å². The molecule has 2 N–H and O–H groups in total. The topological polar surface area (TPSA) is 100 Å². The minimum Gasteiger partial charge on any atom is -0.497 e. The third-order valence-electron chi connectivity index (χ3n) is 5.13. The van der Waals surface area contributed by atoms with Gasteiger partial charge in [0.05, 0.1) is 25.7 Å². The number of amides is 2. The Morgan fingerprint density at radius 1 is 1.03 bits per heavy atom. The second-order valence-corrected chi connectivity index (χ2v) is 9.21. The maximum Gasteiger partial charge on any atom is 0.319 e. The van der Waals surface area contributed by atoms with E-state index in [-0.39, 0.29) is 18.1 Å². The lowest BCUT2D eigenvalue weighted by Crippen LogP contribution is -2.50. The molecule has 0 saturated carbocycles. The third-order valence-corrected chi connectivity index (χ3v) is 7.00. The van der Waals surface area contributed by atoms with Crippen LogP contribution in [0.5, 0.6) is 11.5 Å². The summed E-state index contributed by atoms with van der Waals surface area (Å²) >= 11 is 0. The van der Waals surface area contributed by atoms with Crippen LogP contribution in [0.2, 0.25) is 0 Å². The fourth-order valence-electron chi connectivity index (χ4n) is 3.37. The van der Waals surface area contributed by atoms with Gasteiger partial charge in [-0.2, -0.15) is 4.31 Å². The quantitative estimate of drug-likeness (QED) is 0.618. The van der Waals surface area contributed by atoms with Crippen molar-refractivity contribution in [1.29, 1.82) is 0 Å². The molecule has 2 aromatic carbocycles. The number of nitrogens with one attached hydrogen (secondary N) is 2. The maximum absolute atomic E-state index is 13.1. The number of halogens is 1. The van der Waals surface area contributed by atoms with Crippen LogP contribution in [0.1, 0.15) is 0 Å². The van der Waals surface area contributed by atoms with E-state index in [1.807, 2.05) is 4.90 Å². The molecule has 0 radical (unpaired) electrons. The zero-order valence-electron chi connectivity index (χ0n) is 18.0. The number of nitrogens with zero attached hydrogens (tertiary/aromatic N) is 2. The van der Waals surface area contributed by atoms with Gasteiger partial charge in [-0.1, -0.05) is 0 Å². The average Bonchev–Trinajstić information content (AvgIpc) is 2.80. The van der Waals surface area contributed by atoms with Gasteiger partial charge < -0.3 is 25.0 Å². The molecule has 0 bridgehead atoms. The molecule has 0 atom stereocenters. The summed E-state index contributed by atoms with van der Waals surface area (Å²) in [4.78, 5) is 14.2. The highest BCUT2D eigenvalue weighted by atomic mass is 32.2. The lowest BCUT2D eigenvalue weighted by molar-refractivity contribution is 0.252. The molecule has 1 heterocycles. The van der Waals surface area contributed by atoms with E-state index in [4.69, 9.17) is 9.47 Å². The molecule has 1 fully saturated rings. The van der Waals surface area contributed by atoms with Gasteiger partial charge in [0.2, 0.25) is 10.0 Å². The number of hydrogen-bond acceptors (Lipinski definition) is 6. The number of rotatable bonds is 8. The minimum absolute atomic E-state index is 0.0369. The van der Waals surface area contributed by atoms with Crippen LogP contribution in [0, 0.1) is 5.82 Å². The summed E-state index contributed by atoms with van der Waals surface area (Å²) in [7, 11) is -0.525. The fraction of sp³-hybridized carbons (Fsp3) is 0.381. The summed E-state index contributed by atoms with van der Waals surface area (Å²) in [6, 6.07) is 10.5. The number of sulfonamides is 1. The van der Waals surface area contributed by atoms with Crippen molar-refractivity contribution < 1.29 is 27.1 Å². The normalized spacial score (nSPS) is 14.7. The molecular formula is C21H27FN4O5S. The zero-order chi connectivity index (χ0) is 23.1. The number of carbonyl (C=O) groups excluding carboxylic acids is 1. The van der Waals surface area contributed by atoms with E-state index < -0.39 is 16.1 Å². The van der Waals surface area contributed by atoms with Gasteiger partial charge in [0.15, 0.2) is 0 Å². The Morgan fingerprint density at radius 3 is 2.34 bits per heavy atom. The highest BCUT2D eigenvalue weighted by molar-refractivity contribution is 7.89. The van der Waals surface area contributed by atoms with Crippen molar-refractivity contribution in [2.45, 2.75) is 0 Å². The Kier molecular flexibility index (Phi) is 7.75. The largest absolute Gasteiger partial charge is 0.497 e. The van der Waals surface area contributed by atoms with Gasteiger partial charge in [0, 0.05) is 44.5 Å². The minimum atomic E-state index is -3.52. The van der Waals surface area contributed by atoms with Gasteiger partial charge in [-0.3, -0.25) is 0 Å². The van der Waals surface area contributed by atoms with Crippen LogP contribution < -0.4 is 25.0 Å². The van der Waals surface area contributed by atoms with E-state index in [1.165, 1.54) is 30.7 Å². The van der Waals surface area contributed by atoms with Crippen LogP contribution in [0.25, 0.3) is 0 Å². The van der Waals surface area contributed by atoms with Gasteiger partial charge in [-0.25, -0.2) is 17.6 Å².